The minimum atomic E-state index is -0.224. The Balaban J connectivity index is 2.02. The molecule has 0 radical (unpaired) electrons. The highest BCUT2D eigenvalue weighted by molar-refractivity contribution is 6.18. The van der Waals surface area contributed by atoms with Gasteiger partial charge in [0, 0.05) is 11.3 Å². The average Bonchev–Trinajstić information content (AvgIpc) is 2.86. The Kier molecular flexibility index (Phi) is 3.06. The fourth-order valence-corrected chi connectivity index (χ4v) is 2.38. The van der Waals surface area contributed by atoms with Crippen LogP contribution in [0.15, 0.2) is 66.2 Å². The van der Waals surface area contributed by atoms with Crippen molar-refractivity contribution in [2.45, 2.75) is 0 Å². The Morgan fingerprint density at radius 3 is 2.15 bits per heavy atom. The Morgan fingerprint density at radius 2 is 1.55 bits per heavy atom. The quantitative estimate of drug-likeness (QED) is 0.833. The fourth-order valence-electron chi connectivity index (χ4n) is 2.38. The molecule has 0 aromatic heterocycles. The summed E-state index contributed by atoms with van der Waals surface area (Å²) < 4.78 is 0. The lowest BCUT2D eigenvalue weighted by Crippen LogP contribution is -2.26. The number of carbonyl (C=O) groups excluding carboxylic acids is 1. The number of anilines is 1. The number of amides is 1. The molecular weight excluding hydrogens is 248 g/mol. The van der Waals surface area contributed by atoms with Gasteiger partial charge in [-0.1, -0.05) is 48.5 Å². The number of nitriles is 1. The number of carbonyl (C=O) groups is 1. The van der Waals surface area contributed by atoms with Crippen molar-refractivity contribution in [1.29, 1.82) is 5.26 Å². The molecular formula is C17H12N2O. The van der Waals surface area contributed by atoms with Crippen LogP contribution in [-0.4, -0.2) is 12.5 Å². The Morgan fingerprint density at radius 1 is 0.950 bits per heavy atom. The number of hydrogen-bond acceptors (Lipinski definition) is 2. The monoisotopic (exact) mass is 260 g/mol. The van der Waals surface area contributed by atoms with Crippen molar-refractivity contribution in [1.82, 2.24) is 0 Å². The van der Waals surface area contributed by atoms with Crippen LogP contribution in [-0.2, 0) is 4.79 Å². The van der Waals surface area contributed by atoms with E-state index in [9.17, 15) is 10.1 Å². The maximum absolute atomic E-state index is 12.4. The predicted molar refractivity (Wildman–Crippen MR) is 77.8 cm³/mol. The van der Waals surface area contributed by atoms with Crippen molar-refractivity contribution in [3.05, 3.63) is 71.8 Å². The molecule has 3 nitrogen and oxygen atoms in total. The molecule has 1 aliphatic heterocycles. The third kappa shape index (κ3) is 1.98. The summed E-state index contributed by atoms with van der Waals surface area (Å²) in [5.41, 5.74) is 2.77. The Labute approximate surface area is 117 Å². The maximum atomic E-state index is 12.4. The molecule has 0 spiro atoms. The molecule has 0 saturated carbocycles. The highest BCUT2D eigenvalue weighted by atomic mass is 16.2. The highest BCUT2D eigenvalue weighted by Gasteiger charge is 2.31. The van der Waals surface area contributed by atoms with Crippen LogP contribution in [0.2, 0.25) is 0 Å². The van der Waals surface area contributed by atoms with Gasteiger partial charge in [-0.05, 0) is 17.7 Å². The average molecular weight is 260 g/mol. The molecule has 0 fully saturated rings. The largest absolute Gasteiger partial charge is 0.303 e. The number of hydrogen-bond donors (Lipinski definition) is 0. The minimum Gasteiger partial charge on any atom is -0.303 e. The van der Waals surface area contributed by atoms with Crippen molar-refractivity contribution in [3.8, 4) is 6.07 Å². The first-order valence-electron chi connectivity index (χ1n) is 6.37. The number of para-hydroxylation sites is 1. The molecule has 1 amide bonds. The highest BCUT2D eigenvalue weighted by Crippen LogP contribution is 2.30. The first-order chi connectivity index (χ1) is 9.81. The van der Waals surface area contributed by atoms with Crippen molar-refractivity contribution in [2.75, 3.05) is 11.4 Å². The second-order valence-corrected chi connectivity index (χ2v) is 4.56. The molecule has 2 aromatic rings. The zero-order chi connectivity index (χ0) is 13.9. The normalized spacial score (nSPS) is 14.6. The lowest BCUT2D eigenvalue weighted by Gasteiger charge is -2.16. The summed E-state index contributed by atoms with van der Waals surface area (Å²) >= 11 is 0. The second kappa shape index (κ2) is 5.02. The van der Waals surface area contributed by atoms with Gasteiger partial charge in [0.1, 0.15) is 11.6 Å². The van der Waals surface area contributed by atoms with Gasteiger partial charge in [-0.15, -0.1) is 0 Å². The van der Waals surface area contributed by atoms with Crippen LogP contribution >= 0.6 is 0 Å². The fraction of sp³-hybridized carbons (Fsp3) is 0.0588. The van der Waals surface area contributed by atoms with Gasteiger partial charge >= 0.3 is 0 Å². The van der Waals surface area contributed by atoms with E-state index < -0.39 is 0 Å². The number of rotatable bonds is 2. The van der Waals surface area contributed by atoms with Gasteiger partial charge in [0.2, 0.25) is 0 Å². The second-order valence-electron chi connectivity index (χ2n) is 4.56. The Bertz CT molecular complexity index is 712. The van der Waals surface area contributed by atoms with Crippen LogP contribution in [0.4, 0.5) is 5.69 Å². The molecule has 20 heavy (non-hydrogen) atoms. The van der Waals surface area contributed by atoms with E-state index in [0.29, 0.717) is 6.54 Å². The summed E-state index contributed by atoms with van der Waals surface area (Å²) in [6.07, 6.45) is 0. The van der Waals surface area contributed by atoms with Crippen LogP contribution in [0.25, 0.3) is 5.57 Å². The summed E-state index contributed by atoms with van der Waals surface area (Å²) in [5, 5.41) is 9.28. The van der Waals surface area contributed by atoms with Crippen LogP contribution in [0.1, 0.15) is 5.56 Å². The van der Waals surface area contributed by atoms with E-state index in [-0.39, 0.29) is 11.5 Å². The molecule has 0 unspecified atom stereocenters. The van der Waals surface area contributed by atoms with Gasteiger partial charge in [0.25, 0.3) is 5.91 Å². The molecule has 3 heteroatoms. The zero-order valence-corrected chi connectivity index (χ0v) is 10.8. The third-order valence-electron chi connectivity index (χ3n) is 3.38. The van der Waals surface area contributed by atoms with Crippen molar-refractivity contribution >= 4 is 17.2 Å². The molecule has 0 bridgehead atoms. The number of benzene rings is 2. The van der Waals surface area contributed by atoms with Crippen molar-refractivity contribution in [2.24, 2.45) is 0 Å². The van der Waals surface area contributed by atoms with Gasteiger partial charge in [-0.25, -0.2) is 0 Å². The van der Waals surface area contributed by atoms with Crippen LogP contribution in [0.5, 0.6) is 0 Å². The molecule has 3 rings (SSSR count). The van der Waals surface area contributed by atoms with E-state index in [1.54, 1.807) is 4.90 Å². The Hall–Kier alpha value is -2.86. The third-order valence-corrected chi connectivity index (χ3v) is 3.38. The maximum Gasteiger partial charge on any atom is 0.269 e. The molecule has 2 aromatic carbocycles. The van der Waals surface area contributed by atoms with Gasteiger partial charge in [0.05, 0.1) is 6.54 Å². The molecule has 1 heterocycles. The minimum absolute atomic E-state index is 0.224. The van der Waals surface area contributed by atoms with Gasteiger partial charge in [0.15, 0.2) is 0 Å². The van der Waals surface area contributed by atoms with Crippen LogP contribution in [0, 0.1) is 11.3 Å². The molecule has 1 aliphatic rings. The SMILES string of the molecule is N#CC1=C(c2ccccc2)CN(c2ccccc2)C1=O. The number of nitrogens with zero attached hydrogens (tertiary/aromatic N) is 2. The van der Waals surface area contributed by atoms with E-state index in [1.165, 1.54) is 0 Å². The zero-order valence-electron chi connectivity index (χ0n) is 10.8. The lowest BCUT2D eigenvalue weighted by atomic mass is 10.0. The molecule has 0 atom stereocenters. The summed E-state index contributed by atoms with van der Waals surface area (Å²) in [4.78, 5) is 14.0. The molecule has 0 saturated heterocycles. The van der Waals surface area contributed by atoms with Crippen LogP contribution < -0.4 is 4.90 Å². The molecule has 0 N–H and O–H groups in total. The van der Waals surface area contributed by atoms with Gasteiger partial charge < -0.3 is 4.90 Å². The summed E-state index contributed by atoms with van der Waals surface area (Å²) in [5.74, 6) is -0.224. The van der Waals surface area contributed by atoms with E-state index in [0.717, 1.165) is 16.8 Å². The summed E-state index contributed by atoms with van der Waals surface area (Å²) in [6, 6.07) is 21.1. The van der Waals surface area contributed by atoms with Gasteiger partial charge in [-0.2, -0.15) is 5.26 Å². The summed E-state index contributed by atoms with van der Waals surface area (Å²) in [7, 11) is 0. The van der Waals surface area contributed by atoms with E-state index >= 15 is 0 Å². The van der Waals surface area contributed by atoms with E-state index in [4.69, 9.17) is 0 Å². The van der Waals surface area contributed by atoms with E-state index in [1.807, 2.05) is 60.7 Å². The standard InChI is InChI=1S/C17H12N2O/c18-11-15-16(13-7-3-1-4-8-13)12-19(17(15)20)14-9-5-2-6-10-14/h1-10H,12H2. The molecule has 96 valence electrons. The van der Waals surface area contributed by atoms with Crippen molar-refractivity contribution in [3.63, 3.8) is 0 Å². The molecule has 0 aliphatic carbocycles. The first kappa shape index (κ1) is 12.2. The van der Waals surface area contributed by atoms with Gasteiger partial charge in [-0.3, -0.25) is 4.79 Å². The predicted octanol–water partition coefficient (Wildman–Crippen LogP) is 3.01. The lowest BCUT2D eigenvalue weighted by molar-refractivity contribution is -0.114. The van der Waals surface area contributed by atoms with Crippen LogP contribution in [0.3, 0.4) is 0 Å². The first-order valence-corrected chi connectivity index (χ1v) is 6.37. The smallest absolute Gasteiger partial charge is 0.269 e. The van der Waals surface area contributed by atoms with E-state index in [2.05, 4.69) is 6.07 Å². The topological polar surface area (TPSA) is 44.1 Å². The summed E-state index contributed by atoms with van der Waals surface area (Å²) in [6.45, 7) is 0.440. The van der Waals surface area contributed by atoms with Crippen molar-refractivity contribution < 1.29 is 4.79 Å².